The summed E-state index contributed by atoms with van der Waals surface area (Å²) < 4.78 is 16.9. The van der Waals surface area contributed by atoms with Crippen LogP contribution in [0.2, 0.25) is 0 Å². The van der Waals surface area contributed by atoms with Crippen LogP contribution in [-0.2, 0) is 19.1 Å². The molecule has 1 heterocycles. The van der Waals surface area contributed by atoms with E-state index in [0.29, 0.717) is 23.2 Å². The van der Waals surface area contributed by atoms with Crippen molar-refractivity contribution in [2.24, 2.45) is 12.8 Å². The Morgan fingerprint density at radius 3 is 2.38 bits per heavy atom. The van der Waals surface area contributed by atoms with E-state index in [1.165, 1.54) is 25.2 Å². The number of para-hydroxylation sites is 1. The van der Waals surface area contributed by atoms with Gasteiger partial charge in [-0.3, -0.25) is 14.2 Å². The molecule has 0 saturated heterocycles. The molecule has 1 aliphatic carbocycles. The van der Waals surface area contributed by atoms with Gasteiger partial charge < -0.3 is 10.8 Å². The van der Waals surface area contributed by atoms with Crippen LogP contribution in [-0.4, -0.2) is 20.1 Å². The maximum Gasteiger partial charge on any atom is 0.335 e. The minimum Gasteiger partial charge on any atom is -0.386 e. The van der Waals surface area contributed by atoms with Crippen molar-refractivity contribution in [3.8, 4) is 27.9 Å². The molecule has 1 aromatic heterocycles. The predicted octanol–water partition coefficient (Wildman–Crippen LogP) is 5.01. The number of hydrogen-bond acceptors (Lipinski definition) is 4. The fourth-order valence-electron chi connectivity index (χ4n) is 6.29. The second kappa shape index (κ2) is 9.36. The minimum atomic E-state index is -1.04. The number of primary amides is 1. The second-order valence-electron chi connectivity index (χ2n) is 11.5. The molecule has 0 unspecified atom stereocenters. The largest absolute Gasteiger partial charge is 0.386 e. The number of fused-ring (bicyclic) bond motifs is 4. The molecule has 0 spiro atoms. The van der Waals surface area contributed by atoms with Crippen LogP contribution in [0.25, 0.3) is 38.8 Å². The molecule has 1 aliphatic rings. The highest BCUT2D eigenvalue weighted by molar-refractivity contribution is 6.03. The number of carbonyl (C=O) groups excluding carboxylic acids is 1. The van der Waals surface area contributed by atoms with Crippen molar-refractivity contribution in [1.82, 2.24) is 9.13 Å². The summed E-state index contributed by atoms with van der Waals surface area (Å²) in [6.45, 7) is 7.20. The number of halogens is 1. The third kappa shape index (κ3) is 3.94. The Labute approximate surface area is 241 Å². The monoisotopic (exact) mass is 563 g/mol. The fourth-order valence-corrected chi connectivity index (χ4v) is 6.29. The molecule has 0 radical (unpaired) electrons. The van der Waals surface area contributed by atoms with Crippen molar-refractivity contribution in [1.29, 1.82) is 0 Å². The summed E-state index contributed by atoms with van der Waals surface area (Å²) in [6, 6.07) is 17.2. The smallest absolute Gasteiger partial charge is 0.335 e. The number of nitrogens with two attached hydrogens (primary N) is 1. The van der Waals surface area contributed by atoms with E-state index in [-0.39, 0.29) is 10.9 Å². The highest BCUT2D eigenvalue weighted by Crippen LogP contribution is 2.48. The number of aryl methyl sites for hydroxylation is 2. The fraction of sp³-hybridized carbons (Fsp3) is 0.206. The van der Waals surface area contributed by atoms with Crippen LogP contribution in [0.3, 0.4) is 0 Å². The summed E-state index contributed by atoms with van der Waals surface area (Å²) in [5, 5.41) is 10.7. The van der Waals surface area contributed by atoms with Gasteiger partial charge in [0.15, 0.2) is 0 Å². The van der Waals surface area contributed by atoms with Crippen molar-refractivity contribution in [2.45, 2.75) is 39.7 Å². The van der Waals surface area contributed by atoms with E-state index in [0.717, 1.165) is 53.6 Å². The Morgan fingerprint density at radius 2 is 1.69 bits per heavy atom. The van der Waals surface area contributed by atoms with Gasteiger partial charge in [-0.05, 0) is 108 Å². The number of hydrogen-bond donors (Lipinski definition) is 2. The number of benzene rings is 4. The van der Waals surface area contributed by atoms with Crippen molar-refractivity contribution in [2.75, 3.05) is 0 Å². The van der Waals surface area contributed by atoms with Gasteiger partial charge in [-0.1, -0.05) is 36.4 Å². The van der Waals surface area contributed by atoms with Crippen LogP contribution in [0, 0.1) is 19.7 Å². The summed E-state index contributed by atoms with van der Waals surface area (Å²) in [5.74, 6) is -1.17. The van der Waals surface area contributed by atoms with E-state index in [1.54, 1.807) is 32.0 Å². The van der Waals surface area contributed by atoms with Crippen molar-refractivity contribution >= 4 is 16.8 Å². The highest BCUT2D eigenvalue weighted by Gasteiger charge is 2.30. The highest BCUT2D eigenvalue weighted by atomic mass is 19.1. The number of amides is 1. The van der Waals surface area contributed by atoms with E-state index in [1.807, 2.05) is 38.1 Å². The zero-order chi connectivity index (χ0) is 30.2. The first-order valence-corrected chi connectivity index (χ1v) is 13.6. The molecule has 6 rings (SSSR count). The van der Waals surface area contributed by atoms with Crippen LogP contribution < -0.4 is 17.0 Å². The summed E-state index contributed by atoms with van der Waals surface area (Å²) in [6.07, 6.45) is 0.467. The van der Waals surface area contributed by atoms with Gasteiger partial charge in [-0.25, -0.2) is 13.8 Å². The lowest BCUT2D eigenvalue weighted by Gasteiger charge is -2.21. The number of aromatic nitrogens is 2. The molecule has 5 aromatic rings. The molecule has 3 N–H and O–H groups in total. The van der Waals surface area contributed by atoms with Crippen LogP contribution in [0.5, 0.6) is 0 Å². The van der Waals surface area contributed by atoms with Crippen LogP contribution in [0.1, 0.15) is 52.0 Å². The van der Waals surface area contributed by atoms with E-state index in [4.69, 9.17) is 5.73 Å². The van der Waals surface area contributed by atoms with Gasteiger partial charge in [0.2, 0.25) is 5.91 Å². The molecular formula is C34H30FN3O4. The SMILES string of the molecule is Cc1cc(C(N)=O)c2c(c1-c1cccc(-n3c(=O)c4cccc(F)c4n(C)c3=O)c1C)-c1ccc(C(C)(C)O)cc1C2. The molecule has 7 nitrogen and oxygen atoms in total. The zero-order valence-electron chi connectivity index (χ0n) is 24.0. The topological polar surface area (TPSA) is 107 Å². The quantitative estimate of drug-likeness (QED) is 0.314. The van der Waals surface area contributed by atoms with Gasteiger partial charge in [-0.2, -0.15) is 0 Å². The van der Waals surface area contributed by atoms with Crippen LogP contribution in [0.15, 0.2) is 70.3 Å². The Morgan fingerprint density at radius 1 is 0.976 bits per heavy atom. The number of nitrogens with zero attached hydrogens (tertiary/aromatic N) is 2. The molecule has 0 atom stereocenters. The molecular weight excluding hydrogens is 533 g/mol. The molecule has 212 valence electrons. The maximum absolute atomic E-state index is 14.6. The van der Waals surface area contributed by atoms with E-state index in [9.17, 15) is 23.9 Å². The molecule has 4 aromatic carbocycles. The summed E-state index contributed by atoms with van der Waals surface area (Å²) >= 11 is 0. The molecule has 42 heavy (non-hydrogen) atoms. The first kappa shape index (κ1) is 27.4. The van der Waals surface area contributed by atoms with Gasteiger partial charge in [0.05, 0.1) is 22.2 Å². The third-order valence-corrected chi connectivity index (χ3v) is 8.40. The predicted molar refractivity (Wildman–Crippen MR) is 162 cm³/mol. The van der Waals surface area contributed by atoms with Crippen molar-refractivity contribution < 1.29 is 14.3 Å². The zero-order valence-corrected chi connectivity index (χ0v) is 24.0. The number of carbonyl (C=O) groups is 1. The first-order chi connectivity index (χ1) is 19.8. The molecule has 1 amide bonds. The van der Waals surface area contributed by atoms with Gasteiger partial charge in [0.25, 0.3) is 5.56 Å². The lowest BCUT2D eigenvalue weighted by molar-refractivity contribution is 0.0785. The van der Waals surface area contributed by atoms with Crippen molar-refractivity contribution in [3.05, 3.63) is 121 Å². The summed E-state index contributed by atoms with van der Waals surface area (Å²) in [7, 11) is 1.45. The van der Waals surface area contributed by atoms with E-state index >= 15 is 0 Å². The minimum absolute atomic E-state index is 0.0460. The molecule has 0 aliphatic heterocycles. The van der Waals surface area contributed by atoms with Crippen LogP contribution in [0.4, 0.5) is 4.39 Å². The van der Waals surface area contributed by atoms with Gasteiger partial charge in [0, 0.05) is 12.6 Å². The summed E-state index contributed by atoms with van der Waals surface area (Å²) in [5.41, 5.74) is 11.7. The van der Waals surface area contributed by atoms with Crippen LogP contribution >= 0.6 is 0 Å². The average Bonchev–Trinajstić information content (AvgIpc) is 3.30. The maximum atomic E-state index is 14.6. The third-order valence-electron chi connectivity index (χ3n) is 8.40. The molecule has 8 heteroatoms. The first-order valence-electron chi connectivity index (χ1n) is 13.6. The summed E-state index contributed by atoms with van der Waals surface area (Å²) in [4.78, 5) is 39.7. The standard InChI is InChI=1S/C34H30FN3O4/c1-17-14-25(31(36)39)24-16-19-15-20(34(3,4)42)12-13-22(19)29(24)28(17)21-8-7-11-27(18(21)2)38-32(40)23-9-6-10-26(35)30(23)37(5)33(38)41/h6-15,42H,16H2,1-5H3,(H2,36,39). The lowest BCUT2D eigenvalue weighted by atomic mass is 9.85. The Kier molecular flexibility index (Phi) is 6.09. The lowest BCUT2D eigenvalue weighted by Crippen LogP contribution is -2.38. The molecule has 0 fully saturated rings. The Hall–Kier alpha value is -4.82. The van der Waals surface area contributed by atoms with E-state index in [2.05, 4.69) is 0 Å². The normalized spacial score (nSPS) is 12.5. The van der Waals surface area contributed by atoms with Crippen molar-refractivity contribution in [3.63, 3.8) is 0 Å². The number of aliphatic hydroxyl groups is 1. The molecule has 0 bridgehead atoms. The Bertz CT molecular complexity index is 2120. The van der Waals surface area contributed by atoms with Gasteiger partial charge >= 0.3 is 5.69 Å². The average molecular weight is 564 g/mol. The Balaban J connectivity index is 1.65. The number of rotatable bonds is 4. The van der Waals surface area contributed by atoms with Gasteiger partial charge in [-0.15, -0.1) is 0 Å². The molecule has 0 saturated carbocycles. The second-order valence-corrected chi connectivity index (χ2v) is 11.5. The van der Waals surface area contributed by atoms with E-state index < -0.39 is 28.6 Å². The van der Waals surface area contributed by atoms with Gasteiger partial charge in [0.1, 0.15) is 5.82 Å².